The molecule has 3 saturated heterocycles. The van der Waals surface area contributed by atoms with Gasteiger partial charge in [-0.15, -0.1) is 0 Å². The fourth-order valence-corrected chi connectivity index (χ4v) is 9.34. The van der Waals surface area contributed by atoms with Gasteiger partial charge in [0.2, 0.25) is 11.8 Å². The molecule has 0 bridgehead atoms. The van der Waals surface area contributed by atoms with E-state index in [0.717, 1.165) is 30.8 Å². The number of aromatic nitrogens is 2. The molecule has 71 heavy (non-hydrogen) atoms. The second-order valence-electron chi connectivity index (χ2n) is 17.4. The quantitative estimate of drug-likeness (QED) is 0.0665. The fraction of sp³-hybridized carbons (Fsp3) is 0.562. The summed E-state index contributed by atoms with van der Waals surface area (Å²) in [6, 6.07) is 6.80. The molecule has 3 aromatic rings. The van der Waals surface area contributed by atoms with Crippen LogP contribution in [0.1, 0.15) is 64.7 Å². The molecule has 1 spiro atoms. The van der Waals surface area contributed by atoms with Crippen LogP contribution in [0.25, 0.3) is 11.3 Å². The molecule has 5 amide bonds. The average Bonchev–Trinajstić information content (AvgIpc) is 3.78. The van der Waals surface area contributed by atoms with Gasteiger partial charge in [0.15, 0.2) is 12.4 Å². The minimum Gasteiger partial charge on any atom is -0.490 e. The Hall–Kier alpha value is -5.07. The van der Waals surface area contributed by atoms with Crippen molar-refractivity contribution in [1.82, 2.24) is 25.5 Å². The molecular weight excluding hydrogens is 969 g/mol. The number of halogens is 2. The lowest BCUT2D eigenvalue weighted by Gasteiger charge is -2.42. The number of aliphatic hydroxyl groups is 1. The number of nitrogens with two attached hydrogens (primary N) is 1. The van der Waals surface area contributed by atoms with Crippen LogP contribution in [-0.4, -0.2) is 173 Å². The van der Waals surface area contributed by atoms with Gasteiger partial charge in [0.05, 0.1) is 113 Å². The van der Waals surface area contributed by atoms with Gasteiger partial charge in [-0.25, -0.2) is 9.97 Å². The summed E-state index contributed by atoms with van der Waals surface area (Å²) in [5.41, 5.74) is 8.71. The van der Waals surface area contributed by atoms with Crippen LogP contribution in [0.4, 0.5) is 5.82 Å². The Balaban J connectivity index is 0.678. The lowest BCUT2D eigenvalue weighted by Crippen LogP contribution is -2.54. The predicted octanol–water partition coefficient (Wildman–Crippen LogP) is 2.64. The number of rotatable bonds is 26. The van der Waals surface area contributed by atoms with E-state index in [2.05, 4.69) is 15.5 Å². The van der Waals surface area contributed by atoms with Crippen molar-refractivity contribution in [2.45, 2.75) is 64.3 Å². The Morgan fingerprint density at radius 3 is 2.11 bits per heavy atom. The molecule has 4 aliphatic rings. The third kappa shape index (κ3) is 13.1. The van der Waals surface area contributed by atoms with Gasteiger partial charge in [-0.3, -0.25) is 34.2 Å². The maximum absolute atomic E-state index is 13.2. The number of carbonyl (C=O) groups excluding carboxylic acids is 5. The summed E-state index contributed by atoms with van der Waals surface area (Å²) in [7, 11) is 0. The van der Waals surface area contributed by atoms with Crippen LogP contribution in [0.5, 0.6) is 11.5 Å². The molecule has 0 radical (unpaired) electrons. The van der Waals surface area contributed by atoms with E-state index in [0.29, 0.717) is 100 Å². The number of nitrogens with one attached hydrogen (secondary N) is 2. The lowest BCUT2D eigenvalue weighted by atomic mass is 9.73. The molecule has 1 aromatic heterocycles. The number of imide groups is 2. The number of carbonyl (C=O) groups is 5. The number of anilines is 1. The topological polar surface area (TPSA) is 262 Å². The van der Waals surface area contributed by atoms with Crippen LogP contribution in [0.15, 0.2) is 30.3 Å². The molecule has 0 aliphatic carbocycles. The van der Waals surface area contributed by atoms with Gasteiger partial charge in [-0.05, 0) is 57.4 Å². The minimum absolute atomic E-state index is 0.00196. The average molecular weight is 1030 g/mol. The second kappa shape index (κ2) is 25.5. The molecule has 2 aromatic carbocycles. The highest BCUT2D eigenvalue weighted by atomic mass is 35.5. The van der Waals surface area contributed by atoms with E-state index in [1.165, 1.54) is 18.2 Å². The number of hydrogen-bond donors (Lipinski definition) is 4. The summed E-state index contributed by atoms with van der Waals surface area (Å²) in [5.74, 6) is -1.96. The van der Waals surface area contributed by atoms with Crippen molar-refractivity contribution in [3.8, 4) is 22.8 Å². The number of hydrogen-bond acceptors (Lipinski definition) is 18. The Morgan fingerprint density at radius 1 is 0.845 bits per heavy atom. The van der Waals surface area contributed by atoms with Crippen molar-refractivity contribution in [1.29, 1.82) is 0 Å². The van der Waals surface area contributed by atoms with E-state index >= 15 is 0 Å². The van der Waals surface area contributed by atoms with Crippen LogP contribution in [-0.2, 0) is 49.4 Å². The molecule has 0 saturated carbocycles. The monoisotopic (exact) mass is 1030 g/mol. The zero-order chi connectivity index (χ0) is 50.5. The Bertz CT molecular complexity index is 2390. The number of benzene rings is 2. The lowest BCUT2D eigenvalue weighted by molar-refractivity contribution is -0.136. The first-order chi connectivity index (χ1) is 34.3. The van der Waals surface area contributed by atoms with Gasteiger partial charge in [-0.1, -0.05) is 29.3 Å². The first kappa shape index (κ1) is 53.7. The molecule has 3 unspecified atom stereocenters. The van der Waals surface area contributed by atoms with E-state index in [1.807, 2.05) is 13.8 Å². The molecule has 3 fully saturated rings. The van der Waals surface area contributed by atoms with Crippen molar-refractivity contribution >= 4 is 58.6 Å². The summed E-state index contributed by atoms with van der Waals surface area (Å²) < 4.78 is 45.0. The summed E-state index contributed by atoms with van der Waals surface area (Å²) in [5, 5.41) is 15.6. The van der Waals surface area contributed by atoms with Gasteiger partial charge < -0.3 is 59.0 Å². The molecule has 4 aliphatic heterocycles. The summed E-state index contributed by atoms with van der Waals surface area (Å²) in [4.78, 5) is 75.1. The maximum atomic E-state index is 13.2. The van der Waals surface area contributed by atoms with Gasteiger partial charge in [0.1, 0.15) is 34.9 Å². The highest BCUT2D eigenvalue weighted by Gasteiger charge is 2.48. The molecule has 7 rings (SSSR count). The van der Waals surface area contributed by atoms with Crippen molar-refractivity contribution in [3.63, 3.8) is 0 Å². The summed E-state index contributed by atoms with van der Waals surface area (Å²) >= 11 is 13.4. The van der Waals surface area contributed by atoms with Crippen molar-refractivity contribution < 1.29 is 67.0 Å². The Morgan fingerprint density at radius 2 is 1.49 bits per heavy atom. The first-order valence-corrected chi connectivity index (χ1v) is 24.4. The van der Waals surface area contributed by atoms with Gasteiger partial charge in [0.25, 0.3) is 17.7 Å². The van der Waals surface area contributed by atoms with Crippen LogP contribution in [0, 0.1) is 12.3 Å². The highest BCUT2D eigenvalue weighted by Crippen LogP contribution is 2.44. The number of amides is 5. The van der Waals surface area contributed by atoms with Gasteiger partial charge in [-0.2, -0.15) is 0 Å². The first-order valence-electron chi connectivity index (χ1n) is 23.7. The van der Waals surface area contributed by atoms with E-state index in [9.17, 15) is 29.1 Å². The highest BCUT2D eigenvalue weighted by molar-refractivity contribution is 6.44. The normalized spacial score (nSPS) is 19.7. The van der Waals surface area contributed by atoms with Gasteiger partial charge in [0, 0.05) is 43.1 Å². The maximum Gasteiger partial charge on any atom is 0.266 e. The Labute approximate surface area is 421 Å². The summed E-state index contributed by atoms with van der Waals surface area (Å²) in [6.07, 6.45) is 1.81. The third-order valence-electron chi connectivity index (χ3n) is 12.8. The molecule has 21 nitrogen and oxygen atoms in total. The molecule has 5 N–H and O–H groups in total. The minimum atomic E-state index is -1.11. The van der Waals surface area contributed by atoms with Crippen molar-refractivity contribution in [2.75, 3.05) is 110 Å². The number of fused-ring (bicyclic) bond motifs is 1. The SMILES string of the molecule is Cc1nc(N2CCC3(CC2)COC(C)C3N)c(CO)nc1-c1ccc(OCCOCCOCCOCCOCCOCCNC(=O)COc2cccc3c2C(=O)N(C2CCC(=O)NC2=O)C3=O)c(Cl)c1Cl. The number of aryl methyl sites for hydroxylation is 1. The van der Waals surface area contributed by atoms with Crippen LogP contribution < -0.4 is 30.7 Å². The second-order valence-corrected chi connectivity index (χ2v) is 18.1. The van der Waals surface area contributed by atoms with Crippen molar-refractivity contribution in [3.05, 3.63) is 62.9 Å². The van der Waals surface area contributed by atoms with Gasteiger partial charge >= 0.3 is 0 Å². The molecule has 23 heteroatoms. The molecule has 386 valence electrons. The Kier molecular flexibility index (Phi) is 19.3. The fourth-order valence-electron chi connectivity index (χ4n) is 8.87. The van der Waals surface area contributed by atoms with Crippen molar-refractivity contribution in [2.24, 2.45) is 11.1 Å². The van der Waals surface area contributed by atoms with Crippen LogP contribution in [0.2, 0.25) is 10.0 Å². The number of aliphatic hydroxyl groups excluding tert-OH is 1. The van der Waals surface area contributed by atoms with E-state index in [-0.39, 0.29) is 83.7 Å². The van der Waals surface area contributed by atoms with Crippen LogP contribution in [0.3, 0.4) is 0 Å². The number of piperidine rings is 2. The predicted molar refractivity (Wildman–Crippen MR) is 257 cm³/mol. The zero-order valence-electron chi connectivity index (χ0n) is 39.8. The van der Waals surface area contributed by atoms with Crippen LogP contribution >= 0.6 is 23.2 Å². The smallest absolute Gasteiger partial charge is 0.266 e. The van der Waals surface area contributed by atoms with E-state index < -0.39 is 42.2 Å². The molecule has 5 heterocycles. The number of ether oxygens (including phenoxy) is 8. The standard InChI is InChI=1S/C48H61Cl2N7O14/c1-29-42(54-33(26-58)44(53-29)56-13-10-48(11-14-56)28-71-30(2)43(48)51)32-6-8-36(41(50)40(32)49)69-25-24-68-23-22-67-21-20-66-19-18-65-17-16-64-15-12-52-38(60)27-70-35-5-3-4-31-39(35)47(63)57(46(31)62)34-7-9-37(59)55-45(34)61/h3-6,8,30,34,43,58H,7,9-28,51H2,1-2H3,(H,52,60)(H,55,59,61). The largest absolute Gasteiger partial charge is 0.490 e. The summed E-state index contributed by atoms with van der Waals surface area (Å²) in [6.45, 7) is 9.11. The molecule has 3 atom stereocenters. The van der Waals surface area contributed by atoms with E-state index in [4.69, 9.17) is 76.8 Å². The zero-order valence-corrected chi connectivity index (χ0v) is 41.4. The number of nitrogens with zero attached hydrogens (tertiary/aromatic N) is 4. The van der Waals surface area contributed by atoms with E-state index in [1.54, 1.807) is 12.1 Å². The molecular formula is C48H61Cl2N7O14. The third-order valence-corrected chi connectivity index (χ3v) is 13.7.